The van der Waals surface area contributed by atoms with E-state index in [0.29, 0.717) is 25.8 Å². The summed E-state index contributed by atoms with van der Waals surface area (Å²) in [5.41, 5.74) is 5.34. The largest absolute Gasteiger partial charge is 0.480 e. The molecule has 0 spiro atoms. The van der Waals surface area contributed by atoms with Crippen LogP contribution in [0.3, 0.4) is 0 Å². The number of nitrogens with two attached hydrogens (primary N) is 1. The Morgan fingerprint density at radius 3 is 2.67 bits per heavy atom. The molecule has 0 heterocycles. The summed E-state index contributed by atoms with van der Waals surface area (Å²) in [6.07, 6.45) is 6.40. The molecule has 4 N–H and O–H groups in total. The fraction of sp³-hybridized carbons (Fsp3) is 0.667. The molecule has 0 bridgehead atoms. The molecule has 6 nitrogen and oxygen atoms in total. The SMILES string of the molecule is C#CCC(OC)C(=O)NCCCC[C@H](N)C(=O)O. The number of nitrogens with one attached hydrogen (secondary N) is 1. The smallest absolute Gasteiger partial charge is 0.320 e. The first-order valence-electron chi connectivity index (χ1n) is 5.75. The highest BCUT2D eigenvalue weighted by Crippen LogP contribution is 2.00. The molecule has 0 aliphatic rings. The lowest BCUT2D eigenvalue weighted by molar-refractivity contribution is -0.138. The zero-order valence-electron chi connectivity index (χ0n) is 10.5. The number of carboxylic acids is 1. The number of unbranched alkanes of at least 4 members (excludes halogenated alkanes) is 1. The van der Waals surface area contributed by atoms with Gasteiger partial charge in [-0.05, 0) is 19.3 Å². The summed E-state index contributed by atoms with van der Waals surface area (Å²) in [4.78, 5) is 22.0. The van der Waals surface area contributed by atoms with Gasteiger partial charge in [0.1, 0.15) is 12.1 Å². The third-order valence-electron chi connectivity index (χ3n) is 2.44. The topological polar surface area (TPSA) is 102 Å². The van der Waals surface area contributed by atoms with E-state index >= 15 is 0 Å². The van der Waals surface area contributed by atoms with Crippen molar-refractivity contribution in [2.24, 2.45) is 5.73 Å². The molecule has 102 valence electrons. The summed E-state index contributed by atoms with van der Waals surface area (Å²) in [5.74, 6) is 1.10. The second kappa shape index (κ2) is 9.45. The monoisotopic (exact) mass is 256 g/mol. The first-order chi connectivity index (χ1) is 8.52. The Hall–Kier alpha value is -1.58. The third-order valence-corrected chi connectivity index (χ3v) is 2.44. The maximum Gasteiger partial charge on any atom is 0.320 e. The molecular weight excluding hydrogens is 236 g/mol. The van der Waals surface area contributed by atoms with E-state index in [-0.39, 0.29) is 12.3 Å². The van der Waals surface area contributed by atoms with Gasteiger partial charge >= 0.3 is 5.97 Å². The lowest BCUT2D eigenvalue weighted by Gasteiger charge is -2.12. The zero-order valence-corrected chi connectivity index (χ0v) is 10.5. The molecule has 0 aromatic carbocycles. The van der Waals surface area contributed by atoms with Gasteiger partial charge in [0, 0.05) is 20.1 Å². The van der Waals surface area contributed by atoms with Gasteiger partial charge in [-0.2, -0.15) is 0 Å². The van der Waals surface area contributed by atoms with Crippen LogP contribution in [0.25, 0.3) is 0 Å². The third kappa shape index (κ3) is 6.89. The van der Waals surface area contributed by atoms with Gasteiger partial charge in [0.05, 0.1) is 0 Å². The Morgan fingerprint density at radius 2 is 2.17 bits per heavy atom. The Labute approximate surface area is 107 Å². The molecule has 0 aromatic heterocycles. The highest BCUT2D eigenvalue weighted by atomic mass is 16.5. The number of carbonyl (C=O) groups excluding carboxylic acids is 1. The van der Waals surface area contributed by atoms with Gasteiger partial charge in [-0.25, -0.2) is 0 Å². The van der Waals surface area contributed by atoms with E-state index in [1.165, 1.54) is 7.11 Å². The van der Waals surface area contributed by atoms with Crippen LogP contribution in [0, 0.1) is 12.3 Å². The standard InChI is InChI=1S/C12H20N2O4/c1-3-6-10(18-2)11(15)14-8-5-4-7-9(13)12(16)17/h1,9-10H,4-8,13H2,2H3,(H,14,15)(H,16,17)/t9-,10?/m0/s1. The number of amides is 1. The van der Waals surface area contributed by atoms with Crippen LogP contribution in [0.5, 0.6) is 0 Å². The number of hydrogen-bond acceptors (Lipinski definition) is 4. The van der Waals surface area contributed by atoms with Crippen LogP contribution in [0.15, 0.2) is 0 Å². The van der Waals surface area contributed by atoms with E-state index in [0.717, 1.165) is 0 Å². The summed E-state index contributed by atoms with van der Waals surface area (Å²) in [5, 5.41) is 11.2. The molecule has 0 aliphatic heterocycles. The fourth-order valence-corrected chi connectivity index (χ4v) is 1.33. The van der Waals surface area contributed by atoms with E-state index in [1.807, 2.05) is 0 Å². The summed E-state index contributed by atoms with van der Waals surface area (Å²) >= 11 is 0. The lowest BCUT2D eigenvalue weighted by atomic mass is 10.1. The van der Waals surface area contributed by atoms with E-state index in [4.69, 9.17) is 22.0 Å². The number of ether oxygens (including phenoxy) is 1. The number of aliphatic carboxylic acids is 1. The summed E-state index contributed by atoms with van der Waals surface area (Å²) in [7, 11) is 1.42. The number of carboxylic acid groups (broad SMARTS) is 1. The maximum absolute atomic E-state index is 11.5. The van der Waals surface area contributed by atoms with Crippen molar-refractivity contribution in [3.05, 3.63) is 0 Å². The van der Waals surface area contributed by atoms with E-state index < -0.39 is 18.1 Å². The van der Waals surface area contributed by atoms with Crippen LogP contribution in [0.2, 0.25) is 0 Å². The molecule has 18 heavy (non-hydrogen) atoms. The van der Waals surface area contributed by atoms with Gasteiger partial charge in [-0.3, -0.25) is 9.59 Å². The van der Waals surface area contributed by atoms with E-state index in [1.54, 1.807) is 0 Å². The predicted octanol–water partition coefficient (Wildman–Crippen LogP) is -0.277. The van der Waals surface area contributed by atoms with Crippen molar-refractivity contribution in [1.82, 2.24) is 5.32 Å². The molecule has 2 atom stereocenters. The first kappa shape index (κ1) is 16.4. The average molecular weight is 256 g/mol. The molecule has 0 fully saturated rings. The minimum Gasteiger partial charge on any atom is -0.480 e. The summed E-state index contributed by atoms with van der Waals surface area (Å²) < 4.78 is 4.93. The molecule has 0 saturated heterocycles. The number of terminal acetylenes is 1. The zero-order chi connectivity index (χ0) is 14.0. The minimum atomic E-state index is -1.01. The van der Waals surface area contributed by atoms with Crippen LogP contribution in [-0.4, -0.2) is 42.8 Å². The van der Waals surface area contributed by atoms with Gasteiger partial charge < -0.3 is 20.9 Å². The average Bonchev–Trinajstić information content (AvgIpc) is 2.34. The Bertz CT molecular complexity index is 312. The predicted molar refractivity (Wildman–Crippen MR) is 66.7 cm³/mol. The molecule has 0 radical (unpaired) electrons. The molecule has 6 heteroatoms. The Morgan fingerprint density at radius 1 is 1.50 bits per heavy atom. The van der Waals surface area contributed by atoms with Crippen LogP contribution < -0.4 is 11.1 Å². The van der Waals surface area contributed by atoms with Crippen LogP contribution in [0.4, 0.5) is 0 Å². The fourth-order valence-electron chi connectivity index (χ4n) is 1.33. The second-order valence-corrected chi connectivity index (χ2v) is 3.86. The first-order valence-corrected chi connectivity index (χ1v) is 5.75. The molecule has 1 unspecified atom stereocenters. The van der Waals surface area contributed by atoms with Crippen molar-refractivity contribution in [3.63, 3.8) is 0 Å². The van der Waals surface area contributed by atoms with E-state index in [2.05, 4.69) is 11.2 Å². The van der Waals surface area contributed by atoms with Crippen molar-refractivity contribution < 1.29 is 19.4 Å². The van der Waals surface area contributed by atoms with E-state index in [9.17, 15) is 9.59 Å². The lowest BCUT2D eigenvalue weighted by Crippen LogP contribution is -2.36. The summed E-state index contributed by atoms with van der Waals surface area (Å²) in [6, 6.07) is -0.839. The second-order valence-electron chi connectivity index (χ2n) is 3.86. The molecule has 0 rings (SSSR count). The van der Waals surface area contributed by atoms with Gasteiger partial charge in [0.15, 0.2) is 0 Å². The molecule has 0 saturated carbocycles. The van der Waals surface area contributed by atoms with Gasteiger partial charge in [0.25, 0.3) is 0 Å². The van der Waals surface area contributed by atoms with Crippen LogP contribution in [0.1, 0.15) is 25.7 Å². The van der Waals surface area contributed by atoms with Gasteiger partial charge in [-0.15, -0.1) is 12.3 Å². The highest BCUT2D eigenvalue weighted by Gasteiger charge is 2.15. The Balaban J connectivity index is 3.69. The Kier molecular flexibility index (Phi) is 8.62. The molecular formula is C12H20N2O4. The van der Waals surface area contributed by atoms with Crippen molar-refractivity contribution in [1.29, 1.82) is 0 Å². The highest BCUT2D eigenvalue weighted by molar-refractivity contribution is 5.81. The summed E-state index contributed by atoms with van der Waals surface area (Å²) in [6.45, 7) is 0.454. The molecule has 1 amide bonds. The number of hydrogen-bond donors (Lipinski definition) is 3. The van der Waals surface area contributed by atoms with Crippen molar-refractivity contribution >= 4 is 11.9 Å². The molecule has 0 aromatic rings. The van der Waals surface area contributed by atoms with Crippen LogP contribution >= 0.6 is 0 Å². The van der Waals surface area contributed by atoms with Gasteiger partial charge in [-0.1, -0.05) is 0 Å². The maximum atomic E-state index is 11.5. The van der Waals surface area contributed by atoms with Crippen LogP contribution in [-0.2, 0) is 14.3 Å². The van der Waals surface area contributed by atoms with Gasteiger partial charge in [0.2, 0.25) is 5.91 Å². The normalized spacial score (nSPS) is 13.4. The van der Waals surface area contributed by atoms with Crippen molar-refractivity contribution in [3.8, 4) is 12.3 Å². The van der Waals surface area contributed by atoms with Crippen molar-refractivity contribution in [2.45, 2.75) is 37.8 Å². The number of rotatable bonds is 9. The minimum absolute atomic E-state index is 0.228. The quantitative estimate of drug-likeness (QED) is 0.389. The number of carbonyl (C=O) groups is 2. The van der Waals surface area contributed by atoms with Crippen molar-refractivity contribution in [2.75, 3.05) is 13.7 Å². The molecule has 0 aliphatic carbocycles. The number of methoxy groups -OCH3 is 1.